The van der Waals surface area contributed by atoms with Crippen LogP contribution in [0.25, 0.3) is 0 Å². The SMILES string of the molecule is CN(C)C(=O)c1ncc(OC2CC2)cc1C(F)(F)F. The van der Waals surface area contributed by atoms with E-state index in [9.17, 15) is 18.0 Å². The summed E-state index contributed by atoms with van der Waals surface area (Å²) in [5, 5.41) is 0. The van der Waals surface area contributed by atoms with Crippen LogP contribution in [0.3, 0.4) is 0 Å². The molecule has 19 heavy (non-hydrogen) atoms. The first-order chi connectivity index (χ1) is 8.79. The Bertz CT molecular complexity index is 496. The van der Waals surface area contributed by atoms with E-state index in [2.05, 4.69) is 4.98 Å². The maximum absolute atomic E-state index is 12.9. The van der Waals surface area contributed by atoms with Gasteiger partial charge in [-0.15, -0.1) is 0 Å². The molecule has 104 valence electrons. The minimum Gasteiger partial charge on any atom is -0.489 e. The van der Waals surface area contributed by atoms with E-state index in [0.29, 0.717) is 0 Å². The summed E-state index contributed by atoms with van der Waals surface area (Å²) in [4.78, 5) is 16.3. The summed E-state index contributed by atoms with van der Waals surface area (Å²) < 4.78 is 44.1. The second-order valence-corrected chi connectivity index (χ2v) is 4.58. The fourth-order valence-electron chi connectivity index (χ4n) is 1.49. The lowest BCUT2D eigenvalue weighted by molar-refractivity contribution is -0.138. The lowest BCUT2D eigenvalue weighted by Crippen LogP contribution is -2.26. The molecule has 1 aromatic rings. The molecule has 0 radical (unpaired) electrons. The maximum atomic E-state index is 12.9. The Labute approximate surface area is 108 Å². The van der Waals surface area contributed by atoms with Crippen molar-refractivity contribution in [1.82, 2.24) is 9.88 Å². The molecular formula is C12H13F3N2O2. The molecule has 7 heteroatoms. The Morgan fingerprint density at radius 1 is 1.42 bits per heavy atom. The highest BCUT2D eigenvalue weighted by molar-refractivity contribution is 5.93. The van der Waals surface area contributed by atoms with Crippen molar-refractivity contribution in [3.63, 3.8) is 0 Å². The van der Waals surface area contributed by atoms with Crippen LogP contribution >= 0.6 is 0 Å². The molecule has 0 aliphatic heterocycles. The van der Waals surface area contributed by atoms with Crippen LogP contribution in [0.2, 0.25) is 0 Å². The molecule has 1 fully saturated rings. The molecule has 1 aliphatic carbocycles. The number of carbonyl (C=O) groups excluding carboxylic acids is 1. The number of amides is 1. The van der Waals surface area contributed by atoms with Gasteiger partial charge in [-0.2, -0.15) is 13.2 Å². The molecule has 4 nitrogen and oxygen atoms in total. The summed E-state index contributed by atoms with van der Waals surface area (Å²) in [6.45, 7) is 0. The lowest BCUT2D eigenvalue weighted by Gasteiger charge is -2.16. The van der Waals surface area contributed by atoms with Gasteiger partial charge in [-0.05, 0) is 18.9 Å². The van der Waals surface area contributed by atoms with Crippen LogP contribution in [0, 0.1) is 0 Å². The van der Waals surface area contributed by atoms with Crippen LogP contribution < -0.4 is 4.74 Å². The van der Waals surface area contributed by atoms with Gasteiger partial charge in [0.1, 0.15) is 11.4 Å². The first-order valence-electron chi connectivity index (χ1n) is 5.74. The van der Waals surface area contributed by atoms with Crippen LogP contribution in [0.15, 0.2) is 12.3 Å². The number of hydrogen-bond donors (Lipinski definition) is 0. The number of alkyl halides is 3. The number of halogens is 3. The van der Waals surface area contributed by atoms with Crippen molar-refractivity contribution in [3.05, 3.63) is 23.5 Å². The van der Waals surface area contributed by atoms with Crippen molar-refractivity contribution in [1.29, 1.82) is 0 Å². The van der Waals surface area contributed by atoms with Crippen LogP contribution in [-0.4, -0.2) is 36.0 Å². The monoisotopic (exact) mass is 274 g/mol. The molecule has 0 atom stereocenters. The van der Waals surface area contributed by atoms with Gasteiger partial charge in [-0.25, -0.2) is 4.98 Å². The van der Waals surface area contributed by atoms with Gasteiger partial charge in [0.2, 0.25) is 0 Å². The van der Waals surface area contributed by atoms with Crippen LogP contribution in [0.4, 0.5) is 13.2 Å². The zero-order valence-electron chi connectivity index (χ0n) is 10.5. The summed E-state index contributed by atoms with van der Waals surface area (Å²) in [6.07, 6.45) is -1.85. The number of nitrogens with zero attached hydrogens (tertiary/aromatic N) is 2. The molecule has 0 saturated heterocycles. The molecule has 2 rings (SSSR count). The molecule has 0 bridgehead atoms. The van der Waals surface area contributed by atoms with Gasteiger partial charge >= 0.3 is 6.18 Å². The van der Waals surface area contributed by atoms with Crippen molar-refractivity contribution in [2.45, 2.75) is 25.1 Å². The molecule has 0 N–H and O–H groups in total. The number of aromatic nitrogens is 1. The van der Waals surface area contributed by atoms with Crippen molar-refractivity contribution in [2.75, 3.05) is 14.1 Å². The first-order valence-corrected chi connectivity index (χ1v) is 5.74. The van der Waals surface area contributed by atoms with Gasteiger partial charge in [-0.3, -0.25) is 4.79 Å². The topological polar surface area (TPSA) is 42.4 Å². The van der Waals surface area contributed by atoms with Gasteiger partial charge in [0.05, 0.1) is 17.9 Å². The Kier molecular flexibility index (Phi) is 3.38. The molecular weight excluding hydrogens is 261 g/mol. The normalized spacial score (nSPS) is 15.2. The van der Waals surface area contributed by atoms with Crippen LogP contribution in [0.5, 0.6) is 5.75 Å². The van der Waals surface area contributed by atoms with E-state index in [1.54, 1.807) is 0 Å². The minimum atomic E-state index is -4.64. The van der Waals surface area contributed by atoms with Gasteiger partial charge in [0, 0.05) is 14.1 Å². The summed E-state index contributed by atoms with van der Waals surface area (Å²) in [7, 11) is 2.75. The predicted molar refractivity (Wildman–Crippen MR) is 60.9 cm³/mol. The summed E-state index contributed by atoms with van der Waals surface area (Å²) in [5.41, 5.74) is -1.68. The Balaban J connectivity index is 2.39. The van der Waals surface area contributed by atoms with E-state index in [1.165, 1.54) is 14.1 Å². The van der Waals surface area contributed by atoms with Gasteiger partial charge < -0.3 is 9.64 Å². The van der Waals surface area contributed by atoms with Crippen molar-refractivity contribution >= 4 is 5.91 Å². The third-order valence-electron chi connectivity index (χ3n) is 2.60. The molecule has 0 spiro atoms. The standard InChI is InChI=1S/C12H13F3N2O2/c1-17(2)11(18)10-9(12(13,14)15)5-8(6-16-10)19-7-3-4-7/h5-7H,3-4H2,1-2H3. The molecule has 1 saturated carbocycles. The van der Waals surface area contributed by atoms with E-state index >= 15 is 0 Å². The number of rotatable bonds is 3. The summed E-state index contributed by atoms with van der Waals surface area (Å²) in [5.74, 6) is -0.740. The number of ether oxygens (including phenoxy) is 1. The molecule has 1 amide bonds. The zero-order chi connectivity index (χ0) is 14.2. The van der Waals surface area contributed by atoms with E-state index in [4.69, 9.17) is 4.74 Å². The van der Waals surface area contributed by atoms with Crippen molar-refractivity contribution in [2.24, 2.45) is 0 Å². The molecule has 1 aromatic heterocycles. The van der Waals surface area contributed by atoms with Gasteiger partial charge in [0.15, 0.2) is 0 Å². The average molecular weight is 274 g/mol. The van der Waals surface area contributed by atoms with Gasteiger partial charge in [0.25, 0.3) is 5.91 Å². The fourth-order valence-corrected chi connectivity index (χ4v) is 1.49. The second kappa shape index (κ2) is 4.71. The number of carbonyl (C=O) groups is 1. The highest BCUT2D eigenvalue weighted by atomic mass is 19.4. The second-order valence-electron chi connectivity index (χ2n) is 4.58. The largest absolute Gasteiger partial charge is 0.489 e. The van der Waals surface area contributed by atoms with E-state index < -0.39 is 23.3 Å². The van der Waals surface area contributed by atoms with Crippen LogP contribution in [0.1, 0.15) is 28.9 Å². The van der Waals surface area contributed by atoms with Crippen molar-refractivity contribution < 1.29 is 22.7 Å². The van der Waals surface area contributed by atoms with E-state index in [0.717, 1.165) is 30.0 Å². The smallest absolute Gasteiger partial charge is 0.418 e. The Hall–Kier alpha value is -1.79. The molecule has 1 aliphatic rings. The third kappa shape index (κ3) is 3.15. The van der Waals surface area contributed by atoms with E-state index in [-0.39, 0.29) is 11.9 Å². The van der Waals surface area contributed by atoms with Crippen LogP contribution in [-0.2, 0) is 6.18 Å². The molecule has 1 heterocycles. The van der Waals surface area contributed by atoms with Gasteiger partial charge in [-0.1, -0.05) is 0 Å². The summed E-state index contributed by atoms with van der Waals surface area (Å²) in [6, 6.07) is 0.835. The maximum Gasteiger partial charge on any atom is 0.418 e. The Morgan fingerprint density at radius 3 is 2.53 bits per heavy atom. The number of hydrogen-bond acceptors (Lipinski definition) is 3. The fraction of sp³-hybridized carbons (Fsp3) is 0.500. The average Bonchev–Trinajstić information content (AvgIpc) is 3.10. The van der Waals surface area contributed by atoms with E-state index in [1.807, 2.05) is 0 Å². The predicted octanol–water partition coefficient (Wildman–Crippen LogP) is 2.34. The quantitative estimate of drug-likeness (QED) is 0.849. The van der Waals surface area contributed by atoms with Crippen molar-refractivity contribution in [3.8, 4) is 5.75 Å². The molecule has 0 aromatic carbocycles. The summed E-state index contributed by atoms with van der Waals surface area (Å²) >= 11 is 0. The third-order valence-corrected chi connectivity index (χ3v) is 2.60. The number of pyridine rings is 1. The lowest BCUT2D eigenvalue weighted by atomic mass is 10.1. The zero-order valence-corrected chi connectivity index (χ0v) is 10.5. The molecule has 0 unspecified atom stereocenters. The minimum absolute atomic E-state index is 0.0294. The highest BCUT2D eigenvalue weighted by Gasteiger charge is 2.37. The Morgan fingerprint density at radius 2 is 2.05 bits per heavy atom. The first kappa shape index (κ1) is 13.6. The highest BCUT2D eigenvalue weighted by Crippen LogP contribution is 2.35.